The van der Waals surface area contributed by atoms with Crippen LogP contribution in [0.5, 0.6) is 0 Å². The number of carbonyl (C=O) groups is 3. The van der Waals surface area contributed by atoms with Crippen molar-refractivity contribution in [3.63, 3.8) is 0 Å². The molecule has 1 aromatic heterocycles. The van der Waals surface area contributed by atoms with E-state index in [0.717, 1.165) is 22.8 Å². The largest absolute Gasteiger partial charge is 0.464 e. The van der Waals surface area contributed by atoms with E-state index >= 15 is 0 Å². The number of amides is 1. The van der Waals surface area contributed by atoms with Gasteiger partial charge in [0.2, 0.25) is 0 Å². The van der Waals surface area contributed by atoms with E-state index in [1.807, 2.05) is 13.0 Å². The van der Waals surface area contributed by atoms with Gasteiger partial charge in [0, 0.05) is 21.6 Å². The van der Waals surface area contributed by atoms with Crippen LogP contribution in [0.2, 0.25) is 0 Å². The highest BCUT2D eigenvalue weighted by Crippen LogP contribution is 2.23. The average Bonchev–Trinajstić information content (AvgIpc) is 2.95. The van der Waals surface area contributed by atoms with Crippen LogP contribution in [-0.2, 0) is 14.3 Å². The number of esters is 1. The molecule has 2 aromatic rings. The molecule has 0 saturated heterocycles. The summed E-state index contributed by atoms with van der Waals surface area (Å²) in [6.07, 6.45) is 3.16. The lowest BCUT2D eigenvalue weighted by Crippen LogP contribution is -2.35. The van der Waals surface area contributed by atoms with Crippen molar-refractivity contribution >= 4 is 44.5 Å². The number of aromatic amines is 1. The second-order valence-electron chi connectivity index (χ2n) is 4.98. The van der Waals surface area contributed by atoms with Crippen LogP contribution in [0.15, 0.2) is 28.9 Å². The van der Waals surface area contributed by atoms with Crippen LogP contribution in [0.25, 0.3) is 10.9 Å². The van der Waals surface area contributed by atoms with Crippen molar-refractivity contribution in [3.8, 4) is 0 Å². The summed E-state index contributed by atoms with van der Waals surface area (Å²) in [7, 11) is 0. The van der Waals surface area contributed by atoms with Crippen molar-refractivity contribution < 1.29 is 19.1 Å². The monoisotopic (exact) mass is 380 g/mol. The van der Waals surface area contributed by atoms with E-state index in [1.165, 1.54) is 6.20 Å². The Bertz CT molecular complexity index is 739. The first-order chi connectivity index (χ1) is 11.0. The normalized spacial score (nSPS) is 10.5. The Morgan fingerprint density at radius 1 is 1.30 bits per heavy atom. The van der Waals surface area contributed by atoms with Crippen molar-refractivity contribution in [2.45, 2.75) is 19.8 Å². The molecule has 0 atom stereocenters. The summed E-state index contributed by atoms with van der Waals surface area (Å²) >= 11 is 3.33. The summed E-state index contributed by atoms with van der Waals surface area (Å²) < 4.78 is 5.72. The lowest BCUT2D eigenvalue weighted by molar-refractivity contribution is -0.143. The molecule has 0 saturated carbocycles. The van der Waals surface area contributed by atoms with Crippen molar-refractivity contribution in [1.29, 1.82) is 0 Å². The van der Waals surface area contributed by atoms with E-state index < -0.39 is 17.7 Å². The fraction of sp³-hybridized carbons (Fsp3) is 0.312. The molecule has 122 valence electrons. The number of hydrogen-bond acceptors (Lipinski definition) is 4. The second kappa shape index (κ2) is 7.92. The molecule has 0 aliphatic rings. The summed E-state index contributed by atoms with van der Waals surface area (Å²) in [5, 5.41) is 2.93. The van der Waals surface area contributed by atoms with Crippen LogP contribution in [0.4, 0.5) is 0 Å². The van der Waals surface area contributed by atoms with Crippen molar-refractivity contribution in [2.75, 3.05) is 13.2 Å². The minimum atomic E-state index is -0.835. The third kappa shape index (κ3) is 4.41. The van der Waals surface area contributed by atoms with Crippen LogP contribution in [0, 0.1) is 0 Å². The number of ether oxygens (including phenoxy) is 1. The minimum Gasteiger partial charge on any atom is -0.464 e. The molecule has 2 N–H and O–H groups in total. The molecule has 23 heavy (non-hydrogen) atoms. The van der Waals surface area contributed by atoms with E-state index in [2.05, 4.69) is 26.2 Å². The maximum atomic E-state index is 12.2. The third-order valence-electron chi connectivity index (χ3n) is 3.25. The van der Waals surface area contributed by atoms with Gasteiger partial charge in [0.05, 0.1) is 12.2 Å². The highest BCUT2D eigenvalue weighted by molar-refractivity contribution is 9.10. The van der Waals surface area contributed by atoms with Crippen LogP contribution < -0.4 is 5.32 Å². The van der Waals surface area contributed by atoms with Crippen molar-refractivity contribution in [2.24, 2.45) is 0 Å². The zero-order chi connectivity index (χ0) is 16.8. The standard InChI is InChI=1S/C16H17BrN2O4/c1-2-3-6-23-14(20)9-19-16(22)15(21)12-8-18-13-5-4-10(17)7-11(12)13/h4-5,7-8,18H,2-3,6,9H2,1H3,(H,19,22). The number of unbranched alkanes of at least 4 members (excludes halogenated alkanes) is 1. The van der Waals surface area contributed by atoms with E-state index in [4.69, 9.17) is 4.74 Å². The second-order valence-corrected chi connectivity index (χ2v) is 5.89. The molecule has 0 fully saturated rings. The number of H-pyrrole nitrogens is 1. The molecule has 7 heteroatoms. The molecule has 0 radical (unpaired) electrons. The third-order valence-corrected chi connectivity index (χ3v) is 3.74. The summed E-state index contributed by atoms with van der Waals surface area (Å²) in [6.45, 7) is 1.98. The molecule has 6 nitrogen and oxygen atoms in total. The lowest BCUT2D eigenvalue weighted by Gasteiger charge is -2.05. The highest BCUT2D eigenvalue weighted by Gasteiger charge is 2.20. The number of carbonyl (C=O) groups excluding carboxylic acids is 3. The lowest BCUT2D eigenvalue weighted by atomic mass is 10.1. The molecular formula is C16H17BrN2O4. The molecule has 1 aromatic carbocycles. The first-order valence-electron chi connectivity index (χ1n) is 7.27. The number of aromatic nitrogens is 1. The van der Waals surface area contributed by atoms with Gasteiger partial charge in [0.15, 0.2) is 0 Å². The Labute approximate surface area is 141 Å². The van der Waals surface area contributed by atoms with E-state index in [1.54, 1.807) is 12.1 Å². The van der Waals surface area contributed by atoms with Crippen molar-refractivity contribution in [3.05, 3.63) is 34.4 Å². The first-order valence-corrected chi connectivity index (χ1v) is 8.07. The maximum Gasteiger partial charge on any atom is 0.325 e. The maximum absolute atomic E-state index is 12.2. The smallest absolute Gasteiger partial charge is 0.325 e. The van der Waals surface area contributed by atoms with Gasteiger partial charge in [0.25, 0.3) is 11.7 Å². The number of halogens is 1. The topological polar surface area (TPSA) is 88.3 Å². The van der Waals surface area contributed by atoms with Gasteiger partial charge in [-0.25, -0.2) is 0 Å². The van der Waals surface area contributed by atoms with Gasteiger partial charge in [-0.05, 0) is 24.6 Å². The molecule has 1 heterocycles. The predicted octanol–water partition coefficient (Wildman–Crippen LogP) is 2.57. The number of fused-ring (bicyclic) bond motifs is 1. The minimum absolute atomic E-state index is 0.262. The number of Topliss-reactive ketones (excluding diaryl/α,β-unsaturated/α-hetero) is 1. The SMILES string of the molecule is CCCCOC(=O)CNC(=O)C(=O)c1c[nH]c2ccc(Br)cc12. The van der Waals surface area contributed by atoms with Crippen LogP contribution in [0.1, 0.15) is 30.1 Å². The molecule has 0 aliphatic heterocycles. The molecule has 0 spiro atoms. The van der Waals surface area contributed by atoms with Gasteiger partial charge in [-0.3, -0.25) is 14.4 Å². The van der Waals surface area contributed by atoms with Gasteiger partial charge in [0.1, 0.15) is 6.54 Å². The number of nitrogens with one attached hydrogen (secondary N) is 2. The quantitative estimate of drug-likeness (QED) is 0.334. The molecule has 0 unspecified atom stereocenters. The zero-order valence-corrected chi connectivity index (χ0v) is 14.2. The number of rotatable bonds is 7. The Morgan fingerprint density at radius 3 is 2.83 bits per heavy atom. The number of hydrogen-bond donors (Lipinski definition) is 2. The van der Waals surface area contributed by atoms with Gasteiger partial charge in [-0.15, -0.1) is 0 Å². The zero-order valence-electron chi connectivity index (χ0n) is 12.6. The van der Waals surface area contributed by atoms with Gasteiger partial charge >= 0.3 is 5.97 Å². The van der Waals surface area contributed by atoms with E-state index in [0.29, 0.717) is 12.0 Å². The molecule has 0 bridgehead atoms. The summed E-state index contributed by atoms with van der Waals surface area (Å²) in [5.74, 6) is -2.09. The van der Waals surface area contributed by atoms with E-state index in [9.17, 15) is 14.4 Å². The Balaban J connectivity index is 1.98. The molecule has 0 aliphatic carbocycles. The molecule has 1 amide bonds. The fourth-order valence-electron chi connectivity index (χ4n) is 2.02. The van der Waals surface area contributed by atoms with Crippen molar-refractivity contribution in [1.82, 2.24) is 10.3 Å². The Morgan fingerprint density at radius 2 is 2.09 bits per heavy atom. The number of ketones is 1. The van der Waals surface area contributed by atoms with Crippen LogP contribution in [0.3, 0.4) is 0 Å². The van der Waals surface area contributed by atoms with Crippen LogP contribution >= 0.6 is 15.9 Å². The van der Waals surface area contributed by atoms with Gasteiger partial charge in [-0.2, -0.15) is 0 Å². The van der Waals surface area contributed by atoms with Gasteiger partial charge in [-0.1, -0.05) is 29.3 Å². The van der Waals surface area contributed by atoms with Gasteiger partial charge < -0.3 is 15.0 Å². The Kier molecular flexibility index (Phi) is 5.92. The highest BCUT2D eigenvalue weighted by atomic mass is 79.9. The fourth-order valence-corrected chi connectivity index (χ4v) is 2.38. The molecule has 2 rings (SSSR count). The van der Waals surface area contributed by atoms with Crippen LogP contribution in [-0.4, -0.2) is 35.8 Å². The predicted molar refractivity (Wildman–Crippen MR) is 89.2 cm³/mol. The van der Waals surface area contributed by atoms with E-state index in [-0.39, 0.29) is 12.1 Å². The first kappa shape index (κ1) is 17.2. The summed E-state index contributed by atoms with van der Waals surface area (Å²) in [5.41, 5.74) is 1.02. The Hall–Kier alpha value is -2.15. The number of benzene rings is 1. The molecular weight excluding hydrogens is 364 g/mol. The summed E-state index contributed by atoms with van der Waals surface area (Å²) in [6, 6.07) is 5.39. The average molecular weight is 381 g/mol. The summed E-state index contributed by atoms with van der Waals surface area (Å²) in [4.78, 5) is 38.5.